The van der Waals surface area contributed by atoms with Gasteiger partial charge in [-0.05, 0) is 37.1 Å². The first-order chi connectivity index (χ1) is 12.2. The van der Waals surface area contributed by atoms with Crippen molar-refractivity contribution in [3.8, 4) is 11.4 Å². The monoisotopic (exact) mass is 355 g/mol. The molecule has 1 atom stereocenters. The van der Waals surface area contributed by atoms with Gasteiger partial charge in [-0.1, -0.05) is 11.6 Å². The second kappa shape index (κ2) is 6.72. The van der Waals surface area contributed by atoms with Crippen LogP contribution >= 0.6 is 11.6 Å². The molecule has 1 aliphatic heterocycles. The third-order valence-corrected chi connectivity index (χ3v) is 4.82. The number of carbonyl (C=O) groups is 1. The number of halogens is 1. The molecule has 3 aromatic heterocycles. The molecule has 2 N–H and O–H groups in total. The fourth-order valence-corrected chi connectivity index (χ4v) is 3.46. The lowest BCUT2D eigenvalue weighted by Crippen LogP contribution is -2.39. The van der Waals surface area contributed by atoms with Crippen LogP contribution in [0.25, 0.3) is 11.4 Å². The first-order valence-electron chi connectivity index (χ1n) is 8.29. The van der Waals surface area contributed by atoms with Crippen LogP contribution in [0.1, 0.15) is 34.8 Å². The molecule has 6 nitrogen and oxygen atoms in total. The third-order valence-electron chi connectivity index (χ3n) is 4.60. The average Bonchev–Trinajstić information content (AvgIpc) is 3.31. The van der Waals surface area contributed by atoms with E-state index < -0.39 is 0 Å². The molecule has 4 heterocycles. The molecular weight excluding hydrogens is 338 g/mol. The highest BCUT2D eigenvalue weighted by molar-refractivity contribution is 6.30. The lowest BCUT2D eigenvalue weighted by atomic mass is 9.94. The van der Waals surface area contributed by atoms with E-state index in [2.05, 4.69) is 20.2 Å². The minimum atomic E-state index is 0.0583. The molecule has 0 aromatic carbocycles. The molecule has 25 heavy (non-hydrogen) atoms. The van der Waals surface area contributed by atoms with Gasteiger partial charge < -0.3 is 9.88 Å². The number of hydrogen-bond donors (Lipinski definition) is 2. The van der Waals surface area contributed by atoms with Crippen molar-refractivity contribution in [2.75, 3.05) is 13.1 Å². The van der Waals surface area contributed by atoms with Gasteiger partial charge >= 0.3 is 0 Å². The zero-order valence-corrected chi connectivity index (χ0v) is 14.3. The van der Waals surface area contributed by atoms with Crippen LogP contribution in [0.2, 0.25) is 5.02 Å². The number of nitrogens with one attached hydrogen (secondary N) is 2. The summed E-state index contributed by atoms with van der Waals surface area (Å²) in [4.78, 5) is 21.6. The highest BCUT2D eigenvalue weighted by atomic mass is 35.5. The topological polar surface area (TPSA) is 77.7 Å². The van der Waals surface area contributed by atoms with Gasteiger partial charge in [-0.3, -0.25) is 14.9 Å². The molecule has 1 aliphatic rings. The second-order valence-corrected chi connectivity index (χ2v) is 6.70. The standard InChI is InChI=1S/C18H18ClN5O/c19-14-8-16(21-10-14)17-9-15(22-23-17)13-2-1-7-24(11-13)18(25)12-3-5-20-6-4-12/h3-6,8-10,13,21H,1-2,7,11H2,(H,22,23)/t13-/m0/s1. The Balaban J connectivity index is 1.50. The van der Waals surface area contributed by atoms with Gasteiger partial charge in [0.2, 0.25) is 0 Å². The van der Waals surface area contributed by atoms with Crippen LogP contribution in [0.5, 0.6) is 0 Å². The fourth-order valence-electron chi connectivity index (χ4n) is 3.29. The molecule has 4 rings (SSSR count). The lowest BCUT2D eigenvalue weighted by molar-refractivity contribution is 0.0705. The maximum absolute atomic E-state index is 12.7. The maximum atomic E-state index is 12.7. The van der Waals surface area contributed by atoms with Gasteiger partial charge in [0, 0.05) is 48.9 Å². The SMILES string of the molecule is O=C(c1ccncc1)N1CCC[C@H](c2cc(-c3cc(Cl)c[nH]3)n[nH]2)C1. The molecule has 0 saturated carbocycles. The van der Waals surface area contributed by atoms with Gasteiger partial charge in [0.15, 0.2) is 0 Å². The normalized spacial score (nSPS) is 17.6. The quantitative estimate of drug-likeness (QED) is 0.755. The minimum absolute atomic E-state index is 0.0583. The Bertz CT molecular complexity index is 872. The predicted molar refractivity (Wildman–Crippen MR) is 95.5 cm³/mol. The van der Waals surface area contributed by atoms with Gasteiger partial charge in [-0.2, -0.15) is 5.10 Å². The van der Waals surface area contributed by atoms with Crippen LogP contribution in [0, 0.1) is 0 Å². The summed E-state index contributed by atoms with van der Waals surface area (Å²) in [5.74, 6) is 0.314. The van der Waals surface area contributed by atoms with E-state index in [0.29, 0.717) is 17.1 Å². The first kappa shape index (κ1) is 15.9. The molecule has 0 spiro atoms. The fraction of sp³-hybridized carbons (Fsp3) is 0.278. The molecule has 7 heteroatoms. The number of nitrogens with zero attached hydrogens (tertiary/aromatic N) is 3. The van der Waals surface area contributed by atoms with Gasteiger partial charge in [0.05, 0.1) is 10.7 Å². The van der Waals surface area contributed by atoms with Crippen LogP contribution in [-0.4, -0.2) is 44.1 Å². The Morgan fingerprint density at radius 1 is 1.28 bits per heavy atom. The molecule has 0 bridgehead atoms. The lowest BCUT2D eigenvalue weighted by Gasteiger charge is -2.32. The van der Waals surface area contributed by atoms with Crippen molar-refractivity contribution < 1.29 is 4.79 Å². The van der Waals surface area contributed by atoms with E-state index in [1.807, 2.05) is 17.0 Å². The number of pyridine rings is 1. The number of hydrogen-bond acceptors (Lipinski definition) is 3. The van der Waals surface area contributed by atoms with E-state index in [1.54, 1.807) is 30.7 Å². The van der Waals surface area contributed by atoms with Crippen LogP contribution in [0.3, 0.4) is 0 Å². The van der Waals surface area contributed by atoms with Crippen molar-refractivity contribution >= 4 is 17.5 Å². The summed E-state index contributed by atoms with van der Waals surface area (Å²) in [6.07, 6.45) is 7.05. The Morgan fingerprint density at radius 2 is 2.12 bits per heavy atom. The molecule has 1 saturated heterocycles. The number of aromatic amines is 2. The Hall–Kier alpha value is -2.60. The zero-order valence-electron chi connectivity index (χ0n) is 13.6. The minimum Gasteiger partial charge on any atom is -0.358 e. The summed E-state index contributed by atoms with van der Waals surface area (Å²) in [5, 5.41) is 8.16. The molecule has 1 fully saturated rings. The molecule has 1 amide bonds. The van der Waals surface area contributed by atoms with Crippen molar-refractivity contribution in [2.24, 2.45) is 0 Å². The van der Waals surface area contributed by atoms with Crippen LogP contribution in [0.15, 0.2) is 42.9 Å². The van der Waals surface area contributed by atoms with Gasteiger partial charge in [-0.15, -0.1) is 0 Å². The summed E-state index contributed by atoms with van der Waals surface area (Å²) in [6.45, 7) is 1.47. The van der Waals surface area contributed by atoms with E-state index in [-0.39, 0.29) is 11.8 Å². The number of aromatic nitrogens is 4. The highest BCUT2D eigenvalue weighted by Crippen LogP contribution is 2.29. The number of rotatable bonds is 3. The summed E-state index contributed by atoms with van der Waals surface area (Å²) < 4.78 is 0. The predicted octanol–water partition coefficient (Wildman–Crippen LogP) is 3.47. The maximum Gasteiger partial charge on any atom is 0.253 e. The summed E-state index contributed by atoms with van der Waals surface area (Å²) in [7, 11) is 0. The zero-order chi connectivity index (χ0) is 17.2. The molecule has 0 aliphatic carbocycles. The summed E-state index contributed by atoms with van der Waals surface area (Å²) in [6, 6.07) is 7.40. The molecule has 3 aromatic rings. The van der Waals surface area contributed by atoms with Crippen LogP contribution < -0.4 is 0 Å². The van der Waals surface area contributed by atoms with Crippen molar-refractivity contribution in [3.63, 3.8) is 0 Å². The molecular formula is C18H18ClN5O. The molecule has 0 radical (unpaired) electrons. The van der Waals surface area contributed by atoms with E-state index in [4.69, 9.17) is 11.6 Å². The Kier molecular flexibility index (Phi) is 4.28. The highest BCUT2D eigenvalue weighted by Gasteiger charge is 2.26. The number of likely N-dealkylation sites (tertiary alicyclic amines) is 1. The van der Waals surface area contributed by atoms with Crippen molar-refractivity contribution in [1.82, 2.24) is 25.1 Å². The second-order valence-electron chi connectivity index (χ2n) is 6.27. The first-order valence-corrected chi connectivity index (χ1v) is 8.67. The van der Waals surface area contributed by atoms with E-state index >= 15 is 0 Å². The third kappa shape index (κ3) is 3.30. The summed E-state index contributed by atoms with van der Waals surface area (Å²) >= 11 is 5.96. The Labute approximate surface area is 150 Å². The largest absolute Gasteiger partial charge is 0.358 e. The van der Waals surface area contributed by atoms with Crippen LogP contribution in [-0.2, 0) is 0 Å². The number of carbonyl (C=O) groups excluding carboxylic acids is 1. The number of piperidine rings is 1. The van der Waals surface area contributed by atoms with Crippen molar-refractivity contribution in [1.29, 1.82) is 0 Å². The van der Waals surface area contributed by atoms with Gasteiger partial charge in [-0.25, -0.2) is 0 Å². The number of H-pyrrole nitrogens is 2. The van der Waals surface area contributed by atoms with E-state index in [0.717, 1.165) is 36.5 Å². The summed E-state index contributed by atoms with van der Waals surface area (Å²) in [5.41, 5.74) is 3.45. The van der Waals surface area contributed by atoms with E-state index in [9.17, 15) is 4.79 Å². The van der Waals surface area contributed by atoms with Crippen molar-refractivity contribution in [2.45, 2.75) is 18.8 Å². The smallest absolute Gasteiger partial charge is 0.253 e. The number of amides is 1. The van der Waals surface area contributed by atoms with E-state index in [1.165, 1.54) is 0 Å². The molecule has 128 valence electrons. The average molecular weight is 356 g/mol. The van der Waals surface area contributed by atoms with Gasteiger partial charge in [0.1, 0.15) is 5.69 Å². The Morgan fingerprint density at radius 3 is 2.88 bits per heavy atom. The van der Waals surface area contributed by atoms with Gasteiger partial charge in [0.25, 0.3) is 5.91 Å². The van der Waals surface area contributed by atoms with Crippen LogP contribution in [0.4, 0.5) is 0 Å². The molecule has 0 unspecified atom stereocenters. The van der Waals surface area contributed by atoms with Crippen molar-refractivity contribution in [3.05, 3.63) is 59.1 Å².